The molecule has 0 saturated heterocycles. The predicted molar refractivity (Wildman–Crippen MR) is 82.3 cm³/mol. The van der Waals surface area contributed by atoms with Crippen LogP contribution >= 0.6 is 11.3 Å². The molecule has 1 aromatic heterocycles. The van der Waals surface area contributed by atoms with Crippen molar-refractivity contribution in [1.29, 1.82) is 0 Å². The molecule has 5 heteroatoms. The quantitative estimate of drug-likeness (QED) is 0.888. The van der Waals surface area contributed by atoms with Gasteiger partial charge in [0.25, 0.3) is 0 Å². The van der Waals surface area contributed by atoms with Gasteiger partial charge >= 0.3 is 6.09 Å². The van der Waals surface area contributed by atoms with Gasteiger partial charge in [-0.05, 0) is 24.5 Å². The molecular weight excluding hydrogens is 272 g/mol. The summed E-state index contributed by atoms with van der Waals surface area (Å²) in [6.45, 7) is 2.57. The normalized spacial score (nSPS) is 10.2. The first-order valence-electron chi connectivity index (χ1n) is 6.57. The van der Waals surface area contributed by atoms with Gasteiger partial charge in [-0.2, -0.15) is 0 Å². The van der Waals surface area contributed by atoms with Gasteiger partial charge in [-0.1, -0.05) is 37.3 Å². The highest BCUT2D eigenvalue weighted by atomic mass is 32.1. The van der Waals surface area contributed by atoms with Gasteiger partial charge in [0.1, 0.15) is 5.00 Å². The number of nitrogens with two attached hydrogens (primary N) is 1. The van der Waals surface area contributed by atoms with Gasteiger partial charge in [0, 0.05) is 11.4 Å². The third kappa shape index (κ3) is 3.99. The second-order valence-electron chi connectivity index (χ2n) is 4.35. The topological polar surface area (TPSA) is 64.3 Å². The number of benzene rings is 1. The van der Waals surface area contributed by atoms with Gasteiger partial charge < -0.3 is 15.8 Å². The third-order valence-electron chi connectivity index (χ3n) is 2.85. The molecule has 0 bridgehead atoms. The van der Waals surface area contributed by atoms with E-state index in [1.54, 1.807) is 0 Å². The Morgan fingerprint density at radius 2 is 2.10 bits per heavy atom. The Morgan fingerprint density at radius 3 is 2.75 bits per heavy atom. The van der Waals surface area contributed by atoms with E-state index in [1.165, 1.54) is 16.9 Å². The minimum Gasteiger partial charge on any atom is -0.407 e. The first-order valence-corrected chi connectivity index (χ1v) is 7.38. The van der Waals surface area contributed by atoms with Crippen LogP contribution in [0.15, 0.2) is 36.4 Å². The lowest BCUT2D eigenvalue weighted by atomic mass is 10.1. The standard InChI is InChI=1S/C15H18N2O2S/c1-2-12-10-13(14(16)20-12)19-15(18)17-9-8-11-6-4-3-5-7-11/h3-7,10H,2,8-9,16H2,1H3,(H,17,18). The first-order chi connectivity index (χ1) is 9.69. The Kier molecular flexibility index (Phi) is 5.01. The third-order valence-corrected chi connectivity index (χ3v) is 3.94. The van der Waals surface area contributed by atoms with Crippen LogP contribution in [-0.2, 0) is 12.8 Å². The van der Waals surface area contributed by atoms with E-state index in [-0.39, 0.29) is 0 Å². The van der Waals surface area contributed by atoms with Gasteiger partial charge in [-0.3, -0.25) is 0 Å². The minimum absolute atomic E-state index is 0.448. The second kappa shape index (κ2) is 6.96. The number of carbonyl (C=O) groups excluding carboxylic acids is 1. The Bertz CT molecular complexity index is 567. The maximum absolute atomic E-state index is 11.7. The number of nitrogens with one attached hydrogen (secondary N) is 1. The Labute approximate surface area is 122 Å². The number of aryl methyl sites for hydroxylation is 1. The Morgan fingerprint density at radius 1 is 1.35 bits per heavy atom. The molecule has 0 aliphatic heterocycles. The lowest BCUT2D eigenvalue weighted by Gasteiger charge is -2.06. The van der Waals surface area contributed by atoms with Crippen LogP contribution in [0.3, 0.4) is 0 Å². The highest BCUT2D eigenvalue weighted by Crippen LogP contribution is 2.32. The molecule has 20 heavy (non-hydrogen) atoms. The molecule has 1 amide bonds. The number of thiophene rings is 1. The van der Waals surface area contributed by atoms with E-state index < -0.39 is 6.09 Å². The monoisotopic (exact) mass is 290 g/mol. The number of hydrogen-bond acceptors (Lipinski definition) is 4. The van der Waals surface area contributed by atoms with Gasteiger partial charge in [0.2, 0.25) is 0 Å². The fourth-order valence-corrected chi connectivity index (χ4v) is 2.58. The van der Waals surface area contributed by atoms with Crippen LogP contribution in [0.2, 0.25) is 0 Å². The Hall–Kier alpha value is -2.01. The number of rotatable bonds is 5. The van der Waals surface area contributed by atoms with Crippen LogP contribution in [-0.4, -0.2) is 12.6 Å². The molecule has 1 heterocycles. The average Bonchev–Trinajstić information content (AvgIpc) is 2.80. The minimum atomic E-state index is -0.465. The molecule has 106 valence electrons. The highest BCUT2D eigenvalue weighted by molar-refractivity contribution is 7.16. The summed E-state index contributed by atoms with van der Waals surface area (Å²) in [6.07, 6.45) is 1.19. The van der Waals surface area contributed by atoms with E-state index in [1.807, 2.05) is 43.3 Å². The molecule has 4 nitrogen and oxygen atoms in total. The molecule has 1 aromatic carbocycles. The van der Waals surface area contributed by atoms with Crippen molar-refractivity contribution in [2.75, 3.05) is 12.3 Å². The molecule has 2 aromatic rings. The van der Waals surface area contributed by atoms with Crippen LogP contribution in [0.4, 0.5) is 9.80 Å². The predicted octanol–water partition coefficient (Wildman–Crippen LogP) is 3.22. The average molecular weight is 290 g/mol. The molecule has 0 unspecified atom stereocenters. The fraction of sp³-hybridized carbons (Fsp3) is 0.267. The molecule has 0 radical (unpaired) electrons. The largest absolute Gasteiger partial charge is 0.412 e. The molecule has 3 N–H and O–H groups in total. The van der Waals surface area contributed by atoms with Crippen molar-refractivity contribution in [2.24, 2.45) is 0 Å². The SMILES string of the molecule is CCc1cc(OC(=O)NCCc2ccccc2)c(N)s1. The number of carbonyl (C=O) groups is 1. The van der Waals surface area contributed by atoms with Gasteiger partial charge in [0.15, 0.2) is 5.75 Å². The number of nitrogen functional groups attached to an aromatic ring is 1. The van der Waals surface area contributed by atoms with Crippen LogP contribution in [0.1, 0.15) is 17.4 Å². The summed E-state index contributed by atoms with van der Waals surface area (Å²) in [5.41, 5.74) is 6.98. The van der Waals surface area contributed by atoms with Crippen molar-refractivity contribution >= 4 is 22.4 Å². The molecule has 0 aliphatic rings. The zero-order valence-electron chi connectivity index (χ0n) is 11.4. The van der Waals surface area contributed by atoms with Crippen molar-refractivity contribution in [1.82, 2.24) is 5.32 Å². The van der Waals surface area contributed by atoms with E-state index in [0.29, 0.717) is 17.3 Å². The van der Waals surface area contributed by atoms with E-state index in [0.717, 1.165) is 17.7 Å². The highest BCUT2D eigenvalue weighted by Gasteiger charge is 2.10. The van der Waals surface area contributed by atoms with Crippen molar-refractivity contribution in [3.63, 3.8) is 0 Å². The van der Waals surface area contributed by atoms with E-state index in [2.05, 4.69) is 5.32 Å². The fourth-order valence-electron chi connectivity index (χ4n) is 1.78. The van der Waals surface area contributed by atoms with Gasteiger partial charge in [0.05, 0.1) is 0 Å². The Balaban J connectivity index is 1.79. The number of anilines is 1. The van der Waals surface area contributed by atoms with Crippen LogP contribution in [0, 0.1) is 0 Å². The maximum Gasteiger partial charge on any atom is 0.412 e. The molecular formula is C15H18N2O2S. The lowest BCUT2D eigenvalue weighted by Crippen LogP contribution is -2.28. The molecule has 0 atom stereocenters. The van der Waals surface area contributed by atoms with Crippen molar-refractivity contribution in [2.45, 2.75) is 19.8 Å². The summed E-state index contributed by atoms with van der Waals surface area (Å²) in [5.74, 6) is 0.448. The molecule has 2 rings (SSSR count). The smallest absolute Gasteiger partial charge is 0.407 e. The molecule has 0 saturated carbocycles. The number of amides is 1. The second-order valence-corrected chi connectivity index (χ2v) is 5.51. The number of ether oxygens (including phenoxy) is 1. The van der Waals surface area contributed by atoms with Gasteiger partial charge in [-0.15, -0.1) is 11.3 Å². The molecule has 0 spiro atoms. The van der Waals surface area contributed by atoms with Crippen LogP contribution < -0.4 is 15.8 Å². The zero-order chi connectivity index (χ0) is 14.4. The summed E-state index contributed by atoms with van der Waals surface area (Å²) in [4.78, 5) is 12.8. The van der Waals surface area contributed by atoms with Crippen molar-refractivity contribution in [3.05, 3.63) is 46.8 Å². The van der Waals surface area contributed by atoms with Gasteiger partial charge in [-0.25, -0.2) is 4.79 Å². The molecule has 0 aliphatic carbocycles. The summed E-state index contributed by atoms with van der Waals surface area (Å²) < 4.78 is 5.20. The summed E-state index contributed by atoms with van der Waals surface area (Å²) in [7, 11) is 0. The van der Waals surface area contributed by atoms with Crippen molar-refractivity contribution < 1.29 is 9.53 Å². The first kappa shape index (κ1) is 14.4. The zero-order valence-corrected chi connectivity index (χ0v) is 12.2. The molecule has 0 fully saturated rings. The summed E-state index contributed by atoms with van der Waals surface area (Å²) in [5, 5.41) is 3.26. The van der Waals surface area contributed by atoms with Crippen LogP contribution in [0.25, 0.3) is 0 Å². The number of hydrogen-bond donors (Lipinski definition) is 2. The summed E-state index contributed by atoms with van der Waals surface area (Å²) >= 11 is 1.45. The lowest BCUT2D eigenvalue weighted by molar-refractivity contribution is 0.201. The van der Waals surface area contributed by atoms with E-state index >= 15 is 0 Å². The summed E-state index contributed by atoms with van der Waals surface area (Å²) in [6, 6.07) is 11.8. The van der Waals surface area contributed by atoms with E-state index in [4.69, 9.17) is 10.5 Å². The maximum atomic E-state index is 11.7. The van der Waals surface area contributed by atoms with Crippen LogP contribution in [0.5, 0.6) is 5.75 Å². The van der Waals surface area contributed by atoms with E-state index in [9.17, 15) is 4.79 Å². The van der Waals surface area contributed by atoms with Crippen molar-refractivity contribution in [3.8, 4) is 5.75 Å².